The summed E-state index contributed by atoms with van der Waals surface area (Å²) in [6.45, 7) is 7.53. The van der Waals surface area contributed by atoms with E-state index in [9.17, 15) is 9.59 Å². The maximum atomic E-state index is 12.0. The van der Waals surface area contributed by atoms with E-state index in [-0.39, 0.29) is 18.4 Å². The number of nitrogens with one attached hydrogen (secondary N) is 3. The molecule has 122 valence electrons. The monoisotopic (exact) mass is 306 g/mol. The summed E-state index contributed by atoms with van der Waals surface area (Å²) in [6.07, 6.45) is 0.914. The number of hydrogen-bond donors (Lipinski definition) is 3. The molecular formula is C17H28N3O2+. The van der Waals surface area contributed by atoms with Crippen molar-refractivity contribution in [3.8, 4) is 0 Å². The van der Waals surface area contributed by atoms with E-state index in [4.69, 9.17) is 0 Å². The van der Waals surface area contributed by atoms with E-state index >= 15 is 0 Å². The third kappa shape index (κ3) is 6.72. The Kier molecular flexibility index (Phi) is 7.60. The van der Waals surface area contributed by atoms with Crippen LogP contribution in [0.15, 0.2) is 24.3 Å². The van der Waals surface area contributed by atoms with Crippen LogP contribution in [0.1, 0.15) is 38.7 Å². The summed E-state index contributed by atoms with van der Waals surface area (Å²) in [4.78, 5) is 24.4. The van der Waals surface area contributed by atoms with Crippen LogP contribution in [-0.2, 0) is 9.59 Å². The van der Waals surface area contributed by atoms with Crippen LogP contribution in [0.3, 0.4) is 0 Å². The third-order valence-electron chi connectivity index (χ3n) is 3.36. The second-order valence-electron chi connectivity index (χ2n) is 5.99. The molecule has 0 saturated heterocycles. The highest BCUT2D eigenvalue weighted by atomic mass is 16.2. The zero-order chi connectivity index (χ0) is 16.5. The van der Waals surface area contributed by atoms with Crippen LogP contribution in [-0.4, -0.2) is 38.5 Å². The van der Waals surface area contributed by atoms with Crippen LogP contribution in [0.4, 0.5) is 5.69 Å². The van der Waals surface area contributed by atoms with Gasteiger partial charge >= 0.3 is 0 Å². The summed E-state index contributed by atoms with van der Waals surface area (Å²) < 4.78 is 0. The van der Waals surface area contributed by atoms with Crippen molar-refractivity contribution >= 4 is 17.5 Å². The van der Waals surface area contributed by atoms with E-state index in [1.807, 2.05) is 38.2 Å². The smallest absolute Gasteiger partial charge is 0.279 e. The van der Waals surface area contributed by atoms with Gasteiger partial charge in [0.15, 0.2) is 13.1 Å². The lowest BCUT2D eigenvalue weighted by Crippen LogP contribution is -3.11. The van der Waals surface area contributed by atoms with Gasteiger partial charge in [-0.3, -0.25) is 9.59 Å². The zero-order valence-corrected chi connectivity index (χ0v) is 14.0. The summed E-state index contributed by atoms with van der Waals surface area (Å²) in [7, 11) is 1.84. The molecule has 0 spiro atoms. The fourth-order valence-electron chi connectivity index (χ4n) is 2.09. The van der Waals surface area contributed by atoms with Gasteiger partial charge in [0.05, 0.1) is 7.05 Å². The summed E-state index contributed by atoms with van der Waals surface area (Å²) in [5.74, 6) is 0.369. The molecule has 1 aromatic rings. The number of anilines is 1. The molecule has 2 amide bonds. The summed E-state index contributed by atoms with van der Waals surface area (Å²) >= 11 is 0. The number of carbonyl (C=O) groups excluding carboxylic acids is 2. The van der Waals surface area contributed by atoms with Gasteiger partial charge in [0.2, 0.25) is 0 Å². The molecule has 1 aromatic carbocycles. The van der Waals surface area contributed by atoms with Crippen molar-refractivity contribution in [1.82, 2.24) is 5.32 Å². The van der Waals surface area contributed by atoms with E-state index < -0.39 is 0 Å². The van der Waals surface area contributed by atoms with E-state index in [1.54, 1.807) is 0 Å². The fraction of sp³-hybridized carbons (Fsp3) is 0.529. The average Bonchev–Trinajstić information content (AvgIpc) is 2.45. The van der Waals surface area contributed by atoms with Gasteiger partial charge in [0.25, 0.3) is 11.8 Å². The van der Waals surface area contributed by atoms with Gasteiger partial charge in [-0.2, -0.15) is 0 Å². The van der Waals surface area contributed by atoms with Crippen molar-refractivity contribution < 1.29 is 14.5 Å². The quantitative estimate of drug-likeness (QED) is 0.665. The van der Waals surface area contributed by atoms with Crippen LogP contribution >= 0.6 is 0 Å². The number of likely N-dealkylation sites (N-methyl/N-ethyl adjacent to an activating group) is 1. The van der Waals surface area contributed by atoms with Crippen molar-refractivity contribution in [2.75, 3.05) is 32.0 Å². The van der Waals surface area contributed by atoms with E-state index in [2.05, 4.69) is 24.5 Å². The lowest BCUT2D eigenvalue weighted by atomic mass is 10.0. The predicted octanol–water partition coefficient (Wildman–Crippen LogP) is 0.789. The second-order valence-corrected chi connectivity index (χ2v) is 5.99. The maximum Gasteiger partial charge on any atom is 0.279 e. The number of amides is 2. The van der Waals surface area contributed by atoms with E-state index in [1.165, 1.54) is 5.56 Å². The van der Waals surface area contributed by atoms with Crippen molar-refractivity contribution in [2.24, 2.45) is 0 Å². The highest BCUT2D eigenvalue weighted by Gasteiger charge is 2.13. The molecule has 0 aromatic heterocycles. The molecule has 0 saturated carbocycles. The van der Waals surface area contributed by atoms with Crippen LogP contribution in [0, 0.1) is 0 Å². The Balaban J connectivity index is 2.40. The summed E-state index contributed by atoms with van der Waals surface area (Å²) in [5, 5.41) is 5.68. The Morgan fingerprint density at radius 3 is 2.23 bits per heavy atom. The van der Waals surface area contributed by atoms with Gasteiger partial charge in [-0.1, -0.05) is 32.9 Å². The standard InChI is InChI=1S/C17H27N3O2/c1-5-10-18-16(21)11-20(4)12-17(22)19-15-8-6-14(7-9-15)13(2)3/h6-9,13H,5,10-12H2,1-4H3,(H,18,21)(H,19,22)/p+1. The van der Waals surface area contributed by atoms with Gasteiger partial charge in [-0.05, 0) is 30.0 Å². The van der Waals surface area contributed by atoms with Gasteiger partial charge < -0.3 is 15.5 Å². The zero-order valence-electron chi connectivity index (χ0n) is 14.0. The Morgan fingerprint density at radius 1 is 1.09 bits per heavy atom. The molecular weight excluding hydrogens is 278 g/mol. The van der Waals surface area contributed by atoms with E-state index in [0.29, 0.717) is 19.0 Å². The van der Waals surface area contributed by atoms with Crippen molar-refractivity contribution in [3.05, 3.63) is 29.8 Å². The number of hydrogen-bond acceptors (Lipinski definition) is 2. The summed E-state index contributed by atoms with van der Waals surface area (Å²) in [5.41, 5.74) is 2.03. The molecule has 0 fully saturated rings. The lowest BCUT2D eigenvalue weighted by molar-refractivity contribution is -0.862. The fourth-order valence-corrected chi connectivity index (χ4v) is 2.09. The molecule has 0 radical (unpaired) electrons. The van der Waals surface area contributed by atoms with Crippen molar-refractivity contribution in [1.29, 1.82) is 0 Å². The SMILES string of the molecule is CCCNC(=O)C[NH+](C)CC(=O)Nc1ccc(C(C)C)cc1. The molecule has 1 rings (SSSR count). The number of carbonyl (C=O) groups is 2. The largest absolute Gasteiger partial charge is 0.351 e. The van der Waals surface area contributed by atoms with Crippen molar-refractivity contribution in [3.63, 3.8) is 0 Å². The molecule has 22 heavy (non-hydrogen) atoms. The highest BCUT2D eigenvalue weighted by molar-refractivity contribution is 5.91. The average molecular weight is 306 g/mol. The Labute approximate surface area is 133 Å². The number of quaternary nitrogens is 1. The second kappa shape index (κ2) is 9.20. The molecule has 0 aliphatic heterocycles. The molecule has 0 heterocycles. The van der Waals surface area contributed by atoms with Gasteiger partial charge in [0.1, 0.15) is 0 Å². The molecule has 3 N–H and O–H groups in total. The topological polar surface area (TPSA) is 62.6 Å². The molecule has 5 heteroatoms. The first kappa shape index (κ1) is 18.2. The Hall–Kier alpha value is -1.88. The molecule has 0 aliphatic carbocycles. The molecule has 1 unspecified atom stereocenters. The van der Waals surface area contributed by atoms with Crippen molar-refractivity contribution in [2.45, 2.75) is 33.1 Å². The van der Waals surface area contributed by atoms with Gasteiger partial charge in [-0.15, -0.1) is 0 Å². The normalized spacial score (nSPS) is 12.0. The first-order valence-electron chi connectivity index (χ1n) is 7.90. The van der Waals surface area contributed by atoms with Crippen LogP contribution in [0.25, 0.3) is 0 Å². The van der Waals surface area contributed by atoms with Crippen LogP contribution in [0.2, 0.25) is 0 Å². The van der Waals surface area contributed by atoms with Crippen LogP contribution < -0.4 is 15.5 Å². The predicted molar refractivity (Wildman–Crippen MR) is 89.1 cm³/mol. The first-order chi connectivity index (χ1) is 10.4. The maximum absolute atomic E-state index is 12.0. The van der Waals surface area contributed by atoms with Crippen LogP contribution in [0.5, 0.6) is 0 Å². The minimum Gasteiger partial charge on any atom is -0.351 e. The molecule has 5 nitrogen and oxygen atoms in total. The number of benzene rings is 1. The number of rotatable bonds is 8. The Morgan fingerprint density at radius 2 is 1.68 bits per heavy atom. The minimum atomic E-state index is -0.0851. The van der Waals surface area contributed by atoms with Gasteiger partial charge in [0, 0.05) is 12.2 Å². The molecule has 0 bridgehead atoms. The minimum absolute atomic E-state index is 0.0200. The molecule has 0 aliphatic rings. The van der Waals surface area contributed by atoms with Gasteiger partial charge in [-0.25, -0.2) is 0 Å². The first-order valence-corrected chi connectivity index (χ1v) is 7.90. The third-order valence-corrected chi connectivity index (χ3v) is 3.36. The molecule has 1 atom stereocenters. The highest BCUT2D eigenvalue weighted by Crippen LogP contribution is 2.16. The summed E-state index contributed by atoms with van der Waals surface area (Å²) in [6, 6.07) is 7.87. The Bertz CT molecular complexity index is 483. The lowest BCUT2D eigenvalue weighted by Gasteiger charge is -2.14. The van der Waals surface area contributed by atoms with E-state index in [0.717, 1.165) is 17.0 Å².